The quantitative estimate of drug-likeness (QED) is 0.844. The summed E-state index contributed by atoms with van der Waals surface area (Å²) in [7, 11) is 1.60. The largest absolute Gasteiger partial charge is 0.368 e. The van der Waals surface area contributed by atoms with Crippen LogP contribution in [0.15, 0.2) is 30.3 Å². The molecule has 2 aromatic rings. The van der Waals surface area contributed by atoms with Gasteiger partial charge in [-0.2, -0.15) is 5.26 Å². The van der Waals surface area contributed by atoms with Gasteiger partial charge < -0.3 is 15.5 Å². The number of nitrogens with one attached hydrogen (secondary N) is 2. The number of pyridine rings is 1. The number of nitriles is 1. The summed E-state index contributed by atoms with van der Waals surface area (Å²) >= 11 is 0. The van der Waals surface area contributed by atoms with Crippen LogP contribution in [0.4, 0.5) is 5.82 Å². The fourth-order valence-electron chi connectivity index (χ4n) is 2.98. The van der Waals surface area contributed by atoms with E-state index in [0.717, 1.165) is 30.2 Å². The molecule has 0 saturated carbocycles. The maximum absolute atomic E-state index is 12.1. The molecule has 0 bridgehead atoms. The number of likely N-dealkylation sites (tertiary alicyclic amines) is 1. The smallest absolute Gasteiger partial charge is 0.270 e. The van der Waals surface area contributed by atoms with E-state index in [1.54, 1.807) is 11.9 Å². The minimum Gasteiger partial charge on any atom is -0.368 e. The first-order chi connectivity index (χ1) is 11.2. The van der Waals surface area contributed by atoms with E-state index in [-0.39, 0.29) is 11.9 Å². The lowest BCUT2D eigenvalue weighted by molar-refractivity contribution is 0.0960. The highest BCUT2D eigenvalue weighted by molar-refractivity contribution is 6.05. The zero-order valence-electron chi connectivity index (χ0n) is 13.0. The van der Waals surface area contributed by atoms with E-state index in [1.807, 2.05) is 30.3 Å². The predicted molar refractivity (Wildman–Crippen MR) is 89.0 cm³/mol. The lowest BCUT2D eigenvalue weighted by atomic mass is 10.1. The number of anilines is 1. The van der Waals surface area contributed by atoms with E-state index in [9.17, 15) is 4.79 Å². The van der Waals surface area contributed by atoms with Crippen molar-refractivity contribution in [3.05, 3.63) is 36.0 Å². The Hall–Kier alpha value is -2.81. The summed E-state index contributed by atoms with van der Waals surface area (Å²) in [6.45, 7) is 1.46. The summed E-state index contributed by atoms with van der Waals surface area (Å²) in [6.07, 6.45) is 4.26. The van der Waals surface area contributed by atoms with E-state index in [0.29, 0.717) is 18.1 Å². The Kier molecular flexibility index (Phi) is 4.29. The van der Waals surface area contributed by atoms with Gasteiger partial charge in [-0.3, -0.25) is 4.79 Å². The van der Waals surface area contributed by atoms with Crippen LogP contribution in [0.5, 0.6) is 0 Å². The number of fused-ring (bicyclic) bond motifs is 1. The standard InChI is InChI=1S/C17H19N5O/c1-19-17(23)16-14-7-3-2-5-12(14)9-15(21-16)20-10-13-6-4-8-22(13)11-18/h2-3,5,7,9,13H,4,6,8,10H2,1H3,(H,19,23)(H,20,21). The summed E-state index contributed by atoms with van der Waals surface area (Å²) in [6, 6.07) is 9.82. The zero-order chi connectivity index (χ0) is 16.2. The van der Waals surface area contributed by atoms with Crippen molar-refractivity contribution in [3.63, 3.8) is 0 Å². The molecule has 1 aliphatic rings. The Morgan fingerprint density at radius 1 is 1.48 bits per heavy atom. The second-order valence-electron chi connectivity index (χ2n) is 5.63. The number of aromatic nitrogens is 1. The topological polar surface area (TPSA) is 81.1 Å². The highest BCUT2D eigenvalue weighted by atomic mass is 16.1. The molecule has 6 heteroatoms. The number of carbonyl (C=O) groups is 1. The summed E-state index contributed by atoms with van der Waals surface area (Å²) in [5, 5.41) is 16.8. The predicted octanol–water partition coefficient (Wildman–Crippen LogP) is 1.95. The molecule has 1 unspecified atom stereocenters. The van der Waals surface area contributed by atoms with Crippen molar-refractivity contribution >= 4 is 22.5 Å². The van der Waals surface area contributed by atoms with Gasteiger partial charge in [0.05, 0.1) is 6.04 Å². The maximum Gasteiger partial charge on any atom is 0.270 e. The van der Waals surface area contributed by atoms with Crippen LogP contribution in [0.25, 0.3) is 10.8 Å². The molecule has 0 aliphatic carbocycles. The first-order valence-corrected chi connectivity index (χ1v) is 7.75. The van der Waals surface area contributed by atoms with Crippen molar-refractivity contribution in [2.45, 2.75) is 18.9 Å². The van der Waals surface area contributed by atoms with Gasteiger partial charge in [0.2, 0.25) is 0 Å². The number of carbonyl (C=O) groups excluding carboxylic acids is 1. The number of hydrogen-bond acceptors (Lipinski definition) is 5. The Morgan fingerprint density at radius 2 is 2.30 bits per heavy atom. The molecule has 1 atom stereocenters. The van der Waals surface area contributed by atoms with Gasteiger partial charge in [-0.05, 0) is 24.3 Å². The first-order valence-electron chi connectivity index (χ1n) is 7.75. The second-order valence-corrected chi connectivity index (χ2v) is 5.63. The summed E-state index contributed by atoms with van der Waals surface area (Å²) < 4.78 is 0. The highest BCUT2D eigenvalue weighted by Gasteiger charge is 2.23. The van der Waals surface area contributed by atoms with Gasteiger partial charge in [-0.15, -0.1) is 0 Å². The van der Waals surface area contributed by atoms with Crippen LogP contribution in [0, 0.1) is 11.5 Å². The molecule has 1 fully saturated rings. The summed E-state index contributed by atoms with van der Waals surface area (Å²) in [5.74, 6) is 0.455. The number of amides is 1. The third-order valence-corrected chi connectivity index (χ3v) is 4.21. The zero-order valence-corrected chi connectivity index (χ0v) is 13.0. The Labute approximate surface area is 135 Å². The van der Waals surface area contributed by atoms with E-state index in [4.69, 9.17) is 5.26 Å². The molecule has 0 radical (unpaired) electrons. The Morgan fingerprint density at radius 3 is 3.09 bits per heavy atom. The molecule has 1 aromatic carbocycles. The fraction of sp³-hybridized carbons (Fsp3) is 0.353. The maximum atomic E-state index is 12.1. The van der Waals surface area contributed by atoms with Crippen molar-refractivity contribution in [3.8, 4) is 6.19 Å². The minimum atomic E-state index is -0.204. The van der Waals surface area contributed by atoms with Crippen LogP contribution in [0.1, 0.15) is 23.3 Å². The van der Waals surface area contributed by atoms with Gasteiger partial charge in [0.15, 0.2) is 6.19 Å². The molecule has 1 aromatic heterocycles. The molecule has 1 saturated heterocycles. The monoisotopic (exact) mass is 309 g/mol. The van der Waals surface area contributed by atoms with Crippen LogP contribution in [-0.4, -0.2) is 42.0 Å². The van der Waals surface area contributed by atoms with Gasteiger partial charge in [0.25, 0.3) is 5.91 Å². The molecular formula is C17H19N5O. The Balaban J connectivity index is 1.86. The van der Waals surface area contributed by atoms with Gasteiger partial charge in [-0.25, -0.2) is 4.98 Å². The van der Waals surface area contributed by atoms with E-state index in [1.165, 1.54) is 0 Å². The lowest BCUT2D eigenvalue weighted by Crippen LogP contribution is -2.31. The third-order valence-electron chi connectivity index (χ3n) is 4.21. The minimum absolute atomic E-state index is 0.191. The molecule has 0 spiro atoms. The average molecular weight is 309 g/mol. The van der Waals surface area contributed by atoms with Gasteiger partial charge >= 0.3 is 0 Å². The molecular weight excluding hydrogens is 290 g/mol. The van der Waals surface area contributed by atoms with Gasteiger partial charge in [0.1, 0.15) is 11.5 Å². The molecule has 2 N–H and O–H groups in total. The van der Waals surface area contributed by atoms with Crippen molar-refractivity contribution in [2.24, 2.45) is 0 Å². The molecule has 23 heavy (non-hydrogen) atoms. The third kappa shape index (κ3) is 3.04. The molecule has 118 valence electrons. The second kappa shape index (κ2) is 6.53. The van der Waals surface area contributed by atoms with Crippen molar-refractivity contribution in [2.75, 3.05) is 25.5 Å². The van der Waals surface area contributed by atoms with Crippen LogP contribution in [0.3, 0.4) is 0 Å². The molecule has 2 heterocycles. The lowest BCUT2D eigenvalue weighted by Gasteiger charge is -2.19. The SMILES string of the molecule is CNC(=O)c1nc(NCC2CCCN2C#N)cc2ccccc12. The van der Waals surface area contributed by atoms with Crippen LogP contribution in [0.2, 0.25) is 0 Å². The van der Waals surface area contributed by atoms with Crippen molar-refractivity contribution < 1.29 is 4.79 Å². The number of benzene rings is 1. The molecule has 3 rings (SSSR count). The number of rotatable bonds is 4. The Bertz CT molecular complexity index is 767. The van der Waals surface area contributed by atoms with Crippen LogP contribution >= 0.6 is 0 Å². The number of hydrogen-bond donors (Lipinski definition) is 2. The van der Waals surface area contributed by atoms with E-state index >= 15 is 0 Å². The highest BCUT2D eigenvalue weighted by Crippen LogP contribution is 2.22. The van der Waals surface area contributed by atoms with Gasteiger partial charge in [-0.1, -0.05) is 24.3 Å². The van der Waals surface area contributed by atoms with Gasteiger partial charge in [0, 0.05) is 25.5 Å². The van der Waals surface area contributed by atoms with Crippen molar-refractivity contribution in [1.82, 2.24) is 15.2 Å². The van der Waals surface area contributed by atoms with Crippen LogP contribution in [-0.2, 0) is 0 Å². The molecule has 1 amide bonds. The summed E-state index contributed by atoms with van der Waals surface area (Å²) in [4.78, 5) is 18.3. The summed E-state index contributed by atoms with van der Waals surface area (Å²) in [5.41, 5.74) is 0.414. The average Bonchev–Trinajstić information content (AvgIpc) is 3.06. The molecule has 6 nitrogen and oxygen atoms in total. The number of nitrogens with zero attached hydrogens (tertiary/aromatic N) is 3. The molecule has 1 aliphatic heterocycles. The van der Waals surface area contributed by atoms with E-state index in [2.05, 4.69) is 21.8 Å². The van der Waals surface area contributed by atoms with E-state index < -0.39 is 0 Å². The van der Waals surface area contributed by atoms with Crippen LogP contribution < -0.4 is 10.6 Å². The van der Waals surface area contributed by atoms with Crippen molar-refractivity contribution in [1.29, 1.82) is 5.26 Å². The fourth-order valence-corrected chi connectivity index (χ4v) is 2.98. The normalized spacial score (nSPS) is 17.0. The first kappa shape index (κ1) is 15.1.